The third kappa shape index (κ3) is 3.88. The van der Waals surface area contributed by atoms with E-state index in [1.54, 1.807) is 24.8 Å². The normalized spacial score (nSPS) is 13.5. The first-order valence-electron chi connectivity index (χ1n) is 10.5. The molecule has 3 aromatic heterocycles. The molecule has 34 heavy (non-hydrogen) atoms. The maximum Gasteiger partial charge on any atom is 0.225 e. The van der Waals surface area contributed by atoms with Gasteiger partial charge in [0.2, 0.25) is 11.2 Å². The molecular weight excluding hydrogens is 565 g/mol. The van der Waals surface area contributed by atoms with Crippen LogP contribution in [-0.2, 0) is 0 Å². The molecule has 0 aliphatic carbocycles. The Balaban J connectivity index is 1.34. The number of imidazole rings is 1. The van der Waals surface area contributed by atoms with Crippen LogP contribution in [0.4, 0.5) is 23.1 Å². The average Bonchev–Trinajstić information content (AvgIpc) is 3.47. The van der Waals surface area contributed by atoms with Crippen LogP contribution in [0.25, 0.3) is 16.9 Å². The number of hydrogen-bond acceptors (Lipinski definition) is 8. The van der Waals surface area contributed by atoms with Crippen LogP contribution in [0.15, 0.2) is 76.5 Å². The Bertz CT molecular complexity index is 1540. The van der Waals surface area contributed by atoms with Crippen molar-refractivity contribution < 1.29 is 0 Å². The predicted molar refractivity (Wildman–Crippen MR) is 140 cm³/mol. The number of fused-ring (bicyclic) bond motifs is 2. The van der Waals surface area contributed by atoms with E-state index in [1.165, 1.54) is 5.56 Å². The number of halogens is 2. The van der Waals surface area contributed by atoms with Crippen LogP contribution in [0, 0.1) is 0 Å². The highest BCUT2D eigenvalue weighted by molar-refractivity contribution is 14.2. The average molecular weight is 582 g/mol. The zero-order valence-electron chi connectivity index (χ0n) is 17.8. The van der Waals surface area contributed by atoms with Crippen LogP contribution >= 0.6 is 32.9 Å². The van der Waals surface area contributed by atoms with Crippen molar-refractivity contribution in [2.24, 2.45) is 3.15 Å². The second kappa shape index (κ2) is 8.69. The molecule has 1 aliphatic rings. The van der Waals surface area contributed by atoms with Crippen molar-refractivity contribution >= 4 is 67.1 Å². The van der Waals surface area contributed by atoms with Crippen molar-refractivity contribution in [1.82, 2.24) is 29.5 Å². The zero-order chi connectivity index (χ0) is 23.1. The topological polar surface area (TPSA) is 97.0 Å². The lowest BCUT2D eigenvalue weighted by Gasteiger charge is -2.17. The van der Waals surface area contributed by atoms with E-state index in [9.17, 15) is 0 Å². The summed E-state index contributed by atoms with van der Waals surface area (Å²) in [6.45, 7) is 2.09. The largest absolute Gasteiger partial charge is 0.348 e. The first kappa shape index (κ1) is 21.1. The minimum absolute atomic E-state index is 0.0790. The summed E-state index contributed by atoms with van der Waals surface area (Å²) in [5.74, 6) is 2.04. The molecule has 0 spiro atoms. The number of hydrogen-bond donors (Lipinski definition) is 1. The molecular formula is C23H17ClIN9. The molecule has 9 nitrogen and oxygen atoms in total. The third-order valence-electron chi connectivity index (χ3n) is 5.41. The van der Waals surface area contributed by atoms with E-state index < -0.39 is 21.3 Å². The minimum Gasteiger partial charge on any atom is -0.348 e. The van der Waals surface area contributed by atoms with E-state index >= 15 is 0 Å². The van der Waals surface area contributed by atoms with Gasteiger partial charge in [-0.3, -0.25) is 7.68 Å². The van der Waals surface area contributed by atoms with E-state index in [2.05, 4.69) is 53.5 Å². The number of aromatic nitrogens is 6. The van der Waals surface area contributed by atoms with Gasteiger partial charge in [-0.15, -0.1) is 0 Å². The van der Waals surface area contributed by atoms with Crippen LogP contribution in [0.1, 0.15) is 18.5 Å². The minimum atomic E-state index is -0.669. The maximum absolute atomic E-state index is 6.00. The van der Waals surface area contributed by atoms with E-state index in [0.717, 1.165) is 28.2 Å². The van der Waals surface area contributed by atoms with E-state index in [1.807, 2.05) is 34.9 Å². The molecule has 11 heteroatoms. The molecule has 0 radical (unpaired) electrons. The van der Waals surface area contributed by atoms with Gasteiger partial charge in [0, 0.05) is 18.5 Å². The first-order chi connectivity index (χ1) is 16.7. The second-order valence-corrected chi connectivity index (χ2v) is 9.80. The molecule has 0 saturated carbocycles. The zero-order valence-corrected chi connectivity index (χ0v) is 20.8. The molecule has 1 atom stereocenters. The Kier molecular flexibility index (Phi) is 5.38. The van der Waals surface area contributed by atoms with Gasteiger partial charge in [-0.25, -0.2) is 18.1 Å². The van der Waals surface area contributed by atoms with Crippen molar-refractivity contribution in [3.8, 4) is 5.82 Å². The van der Waals surface area contributed by atoms with Crippen molar-refractivity contribution in [2.45, 2.75) is 13.0 Å². The fraction of sp³-hybridized carbons (Fsp3) is 0.0870. The van der Waals surface area contributed by atoms with Gasteiger partial charge < -0.3 is 5.32 Å². The van der Waals surface area contributed by atoms with E-state index in [-0.39, 0.29) is 11.3 Å². The predicted octanol–water partition coefficient (Wildman–Crippen LogP) is 6.28. The molecule has 0 amide bonds. The van der Waals surface area contributed by atoms with Crippen LogP contribution in [0.3, 0.4) is 0 Å². The summed E-state index contributed by atoms with van der Waals surface area (Å²) in [5, 5.41) is 3.59. The summed E-state index contributed by atoms with van der Waals surface area (Å²) in [6.07, 6.45) is 5.13. The highest BCUT2D eigenvalue weighted by atomic mass is 127. The van der Waals surface area contributed by atoms with Gasteiger partial charge in [-0.05, 0) is 42.3 Å². The summed E-state index contributed by atoms with van der Waals surface area (Å²) < 4.78 is 8.86. The van der Waals surface area contributed by atoms with E-state index in [4.69, 9.17) is 19.7 Å². The van der Waals surface area contributed by atoms with Crippen molar-refractivity contribution in [2.75, 3.05) is 8.43 Å². The van der Waals surface area contributed by atoms with Gasteiger partial charge in [-0.1, -0.05) is 30.3 Å². The van der Waals surface area contributed by atoms with Crippen LogP contribution in [0.2, 0.25) is 5.28 Å². The number of anilines is 3. The van der Waals surface area contributed by atoms with Crippen LogP contribution in [0.5, 0.6) is 0 Å². The Labute approximate surface area is 210 Å². The Morgan fingerprint density at radius 1 is 0.941 bits per heavy atom. The maximum atomic E-state index is 6.00. The van der Waals surface area contributed by atoms with Crippen molar-refractivity contribution in [3.05, 3.63) is 84.2 Å². The lowest BCUT2D eigenvalue weighted by molar-refractivity contribution is 0.861. The summed E-state index contributed by atoms with van der Waals surface area (Å²) in [5.41, 5.74) is 4.82. The summed E-state index contributed by atoms with van der Waals surface area (Å²) in [6, 6.07) is 18.1. The van der Waals surface area contributed by atoms with Crippen LogP contribution < -0.4 is 8.43 Å². The standard InChI is InChI=1S/C23H17ClIN9/c1-14(15-5-3-2-4-6-15)29-23-27-10-8-21(31-23)34-19-12-18-16(11-17(19)32-25-34)28-13-33(18)20-7-9-26-22(24)30-20/h2-14H,1H3,(H,27,29,31)/t14-/m0/s1. The SMILES string of the molecule is C[C@H](Nc1nccc(N2I=Nc3cc4ncn(-c5ccnc(Cl)n5)c4cc32)n1)c1ccccc1. The Hall–Kier alpha value is -3.51. The molecule has 5 aromatic rings. The van der Waals surface area contributed by atoms with Gasteiger partial charge in [0.05, 0.1) is 28.5 Å². The fourth-order valence-corrected chi connectivity index (χ4v) is 5.82. The quantitative estimate of drug-likeness (QED) is 0.148. The lowest BCUT2D eigenvalue weighted by Crippen LogP contribution is -2.11. The van der Waals surface area contributed by atoms with Gasteiger partial charge in [0.25, 0.3) is 0 Å². The molecule has 168 valence electrons. The molecule has 1 aliphatic heterocycles. The van der Waals surface area contributed by atoms with Crippen molar-refractivity contribution in [1.29, 1.82) is 0 Å². The molecule has 0 saturated heterocycles. The second-order valence-electron chi connectivity index (χ2n) is 7.58. The molecule has 4 heterocycles. The number of rotatable bonds is 5. The third-order valence-corrected chi connectivity index (χ3v) is 7.77. The van der Waals surface area contributed by atoms with Gasteiger partial charge in [0.15, 0.2) is 0 Å². The number of nitrogens with zero attached hydrogens (tertiary/aromatic N) is 8. The molecule has 6 rings (SSSR count). The summed E-state index contributed by atoms with van der Waals surface area (Å²) >= 11 is 5.34. The smallest absolute Gasteiger partial charge is 0.225 e. The van der Waals surface area contributed by atoms with E-state index in [0.29, 0.717) is 11.8 Å². The number of nitrogens with one attached hydrogen (secondary N) is 1. The highest BCUT2D eigenvalue weighted by Crippen LogP contribution is 2.48. The Morgan fingerprint density at radius 2 is 1.76 bits per heavy atom. The molecule has 0 unspecified atom stereocenters. The Morgan fingerprint density at radius 3 is 2.62 bits per heavy atom. The molecule has 0 bridgehead atoms. The summed E-state index contributed by atoms with van der Waals surface area (Å²) in [4.78, 5) is 22.0. The fourth-order valence-electron chi connectivity index (χ4n) is 3.73. The molecule has 0 fully saturated rings. The van der Waals surface area contributed by atoms with Gasteiger partial charge in [-0.2, -0.15) is 9.97 Å². The lowest BCUT2D eigenvalue weighted by atomic mass is 10.1. The first-order valence-corrected chi connectivity index (χ1v) is 12.8. The van der Waals surface area contributed by atoms with Crippen LogP contribution in [-0.4, -0.2) is 29.5 Å². The summed E-state index contributed by atoms with van der Waals surface area (Å²) in [7, 11) is 0. The molecule has 1 N–H and O–H groups in total. The van der Waals surface area contributed by atoms with Gasteiger partial charge in [0.1, 0.15) is 39.3 Å². The van der Waals surface area contributed by atoms with Gasteiger partial charge >= 0.3 is 0 Å². The highest BCUT2D eigenvalue weighted by Gasteiger charge is 2.23. The monoisotopic (exact) mass is 581 g/mol. The van der Waals surface area contributed by atoms with Crippen molar-refractivity contribution in [3.63, 3.8) is 0 Å². The molecule has 2 aromatic carbocycles. The number of benzene rings is 2.